The molecule has 2 aliphatic heterocycles. The van der Waals surface area contributed by atoms with Gasteiger partial charge in [-0.05, 0) is 37.3 Å². The van der Waals surface area contributed by atoms with Gasteiger partial charge in [0.15, 0.2) is 9.84 Å². The number of sulfone groups is 1. The Kier molecular flexibility index (Phi) is 2.81. The third kappa shape index (κ3) is 1.94. The molecule has 14 heavy (non-hydrogen) atoms. The Morgan fingerprint density at radius 1 is 1.21 bits per heavy atom. The second-order valence-electron chi connectivity index (χ2n) is 4.43. The minimum atomic E-state index is -2.81. The lowest BCUT2D eigenvalue weighted by Gasteiger charge is -2.42. The fourth-order valence-electron chi connectivity index (χ4n) is 2.85. The van der Waals surface area contributed by atoms with E-state index < -0.39 is 9.84 Å². The van der Waals surface area contributed by atoms with E-state index in [-0.39, 0.29) is 18.4 Å². The number of hydrogen-bond acceptors (Lipinski definition) is 4. The molecular formula is C9H17NO3S. The molecular weight excluding hydrogens is 202 g/mol. The van der Waals surface area contributed by atoms with E-state index in [0.717, 1.165) is 19.5 Å². The molecule has 2 N–H and O–H groups in total. The number of nitrogens with one attached hydrogen (secondary N) is 1. The molecule has 2 heterocycles. The zero-order valence-electron chi connectivity index (χ0n) is 8.15. The maximum absolute atomic E-state index is 11.5. The van der Waals surface area contributed by atoms with E-state index in [1.165, 1.54) is 0 Å². The molecule has 2 bridgehead atoms. The first-order valence-corrected chi connectivity index (χ1v) is 6.96. The average Bonchev–Trinajstić information content (AvgIpc) is 2.06. The molecule has 0 saturated carbocycles. The number of piperidine rings is 1. The topological polar surface area (TPSA) is 66.4 Å². The highest BCUT2D eigenvalue weighted by Gasteiger charge is 2.41. The zero-order valence-corrected chi connectivity index (χ0v) is 8.96. The summed E-state index contributed by atoms with van der Waals surface area (Å²) in [5, 5.41) is 12.2. The van der Waals surface area contributed by atoms with Crippen LogP contribution in [0.4, 0.5) is 0 Å². The van der Waals surface area contributed by atoms with Crippen LogP contribution in [-0.4, -0.2) is 44.7 Å². The minimum absolute atomic E-state index is 0.178. The Morgan fingerprint density at radius 2 is 1.79 bits per heavy atom. The molecule has 5 heteroatoms. The lowest BCUT2D eigenvalue weighted by atomic mass is 9.78. The van der Waals surface area contributed by atoms with Crippen LogP contribution in [0.5, 0.6) is 0 Å². The second-order valence-corrected chi connectivity index (χ2v) is 6.59. The third-order valence-electron chi connectivity index (χ3n) is 3.42. The van der Waals surface area contributed by atoms with Gasteiger partial charge in [0.2, 0.25) is 0 Å². The third-order valence-corrected chi connectivity index (χ3v) is 5.29. The van der Waals surface area contributed by atoms with E-state index in [0.29, 0.717) is 17.4 Å². The van der Waals surface area contributed by atoms with E-state index in [2.05, 4.69) is 5.32 Å². The zero-order chi connectivity index (χ0) is 10.2. The molecule has 2 saturated heterocycles. The quantitative estimate of drug-likeness (QED) is 0.641. The Bertz CT molecular complexity index is 281. The summed E-state index contributed by atoms with van der Waals surface area (Å²) in [5.41, 5.74) is 0. The van der Waals surface area contributed by atoms with Crippen molar-refractivity contribution >= 4 is 9.84 Å². The molecule has 0 spiro atoms. The monoisotopic (exact) mass is 219 g/mol. The van der Waals surface area contributed by atoms with Gasteiger partial charge in [0, 0.05) is 6.61 Å². The van der Waals surface area contributed by atoms with Crippen molar-refractivity contribution in [2.45, 2.75) is 6.42 Å². The van der Waals surface area contributed by atoms with E-state index >= 15 is 0 Å². The van der Waals surface area contributed by atoms with Crippen molar-refractivity contribution in [1.29, 1.82) is 0 Å². The van der Waals surface area contributed by atoms with Crippen molar-refractivity contribution in [2.75, 3.05) is 31.2 Å². The molecule has 0 aliphatic carbocycles. The van der Waals surface area contributed by atoms with Gasteiger partial charge in [-0.15, -0.1) is 0 Å². The molecule has 0 aromatic rings. The van der Waals surface area contributed by atoms with Gasteiger partial charge in [-0.3, -0.25) is 0 Å². The fourth-order valence-corrected chi connectivity index (χ4v) is 5.02. The Balaban J connectivity index is 2.15. The smallest absolute Gasteiger partial charge is 0.150 e. The van der Waals surface area contributed by atoms with Gasteiger partial charge in [0.05, 0.1) is 11.5 Å². The molecule has 2 rings (SSSR count). The number of aliphatic hydroxyl groups excluding tert-OH is 1. The molecule has 82 valence electrons. The van der Waals surface area contributed by atoms with Crippen molar-refractivity contribution in [3.05, 3.63) is 0 Å². The highest BCUT2D eigenvalue weighted by Crippen LogP contribution is 2.34. The normalized spacial score (nSPS) is 40.8. The Hall–Kier alpha value is -0.130. The first kappa shape index (κ1) is 10.4. The lowest BCUT2D eigenvalue weighted by Crippen LogP contribution is -2.53. The van der Waals surface area contributed by atoms with Crippen LogP contribution in [0.15, 0.2) is 0 Å². The number of fused-ring (bicyclic) bond motifs is 2. The first-order chi connectivity index (χ1) is 6.62. The van der Waals surface area contributed by atoms with E-state index in [4.69, 9.17) is 5.11 Å². The van der Waals surface area contributed by atoms with Crippen molar-refractivity contribution in [1.82, 2.24) is 5.32 Å². The predicted molar refractivity (Wildman–Crippen MR) is 53.7 cm³/mol. The standard InChI is InChI=1S/C9H17NO3S/c11-2-1-9-7-3-10-4-8(9)6-14(12,13)5-7/h7-11H,1-6H2. The average molecular weight is 219 g/mol. The van der Waals surface area contributed by atoms with Crippen LogP contribution in [0.25, 0.3) is 0 Å². The number of hydrogen-bond donors (Lipinski definition) is 2. The lowest BCUT2D eigenvalue weighted by molar-refractivity contribution is 0.142. The van der Waals surface area contributed by atoms with Gasteiger partial charge in [-0.1, -0.05) is 0 Å². The van der Waals surface area contributed by atoms with Crippen LogP contribution >= 0.6 is 0 Å². The summed E-state index contributed by atoms with van der Waals surface area (Å²) in [6, 6.07) is 0. The van der Waals surface area contributed by atoms with Gasteiger partial charge in [-0.2, -0.15) is 0 Å². The van der Waals surface area contributed by atoms with Crippen LogP contribution in [-0.2, 0) is 9.84 Å². The van der Waals surface area contributed by atoms with Crippen LogP contribution < -0.4 is 5.32 Å². The molecule has 4 nitrogen and oxygen atoms in total. The van der Waals surface area contributed by atoms with Crippen LogP contribution in [0.2, 0.25) is 0 Å². The largest absolute Gasteiger partial charge is 0.396 e. The molecule has 2 unspecified atom stereocenters. The van der Waals surface area contributed by atoms with Gasteiger partial charge >= 0.3 is 0 Å². The predicted octanol–water partition coefficient (Wildman–Crippen LogP) is -0.751. The van der Waals surface area contributed by atoms with Crippen LogP contribution in [0, 0.1) is 17.8 Å². The fraction of sp³-hybridized carbons (Fsp3) is 1.00. The van der Waals surface area contributed by atoms with Gasteiger partial charge in [-0.25, -0.2) is 8.42 Å². The van der Waals surface area contributed by atoms with Crippen LogP contribution in [0.3, 0.4) is 0 Å². The summed E-state index contributed by atoms with van der Waals surface area (Å²) < 4.78 is 23.0. The molecule has 0 aromatic carbocycles. The van der Waals surface area contributed by atoms with Crippen molar-refractivity contribution in [2.24, 2.45) is 17.8 Å². The highest BCUT2D eigenvalue weighted by atomic mass is 32.2. The first-order valence-electron chi connectivity index (χ1n) is 5.14. The summed E-state index contributed by atoms with van der Waals surface area (Å²) >= 11 is 0. The van der Waals surface area contributed by atoms with Gasteiger partial charge in [0.25, 0.3) is 0 Å². The molecule has 0 radical (unpaired) electrons. The Labute approximate surface area is 84.6 Å². The maximum atomic E-state index is 11.5. The Morgan fingerprint density at radius 3 is 2.29 bits per heavy atom. The molecule has 0 amide bonds. The maximum Gasteiger partial charge on any atom is 0.150 e. The van der Waals surface area contributed by atoms with Gasteiger partial charge < -0.3 is 10.4 Å². The van der Waals surface area contributed by atoms with E-state index in [1.807, 2.05) is 0 Å². The number of rotatable bonds is 2. The summed E-state index contributed by atoms with van der Waals surface area (Å²) in [5.74, 6) is 1.46. The molecule has 2 aliphatic rings. The summed E-state index contributed by atoms with van der Waals surface area (Å²) in [6.07, 6.45) is 0.756. The summed E-state index contributed by atoms with van der Waals surface area (Å²) in [4.78, 5) is 0. The van der Waals surface area contributed by atoms with Crippen molar-refractivity contribution < 1.29 is 13.5 Å². The van der Waals surface area contributed by atoms with Crippen molar-refractivity contribution in [3.8, 4) is 0 Å². The minimum Gasteiger partial charge on any atom is -0.396 e. The molecule has 2 fully saturated rings. The highest BCUT2D eigenvalue weighted by molar-refractivity contribution is 7.91. The molecule has 0 aromatic heterocycles. The summed E-state index contributed by atoms with van der Waals surface area (Å²) in [7, 11) is -2.81. The number of aliphatic hydroxyl groups is 1. The van der Waals surface area contributed by atoms with Crippen molar-refractivity contribution in [3.63, 3.8) is 0 Å². The molecule has 2 atom stereocenters. The SMILES string of the molecule is O=S1(=O)CC2CNCC(C1)C2CCO. The van der Waals surface area contributed by atoms with E-state index in [1.54, 1.807) is 0 Å². The summed E-state index contributed by atoms with van der Waals surface area (Å²) in [6.45, 7) is 1.76. The van der Waals surface area contributed by atoms with Gasteiger partial charge in [0.1, 0.15) is 0 Å². The van der Waals surface area contributed by atoms with E-state index in [9.17, 15) is 8.42 Å². The second kappa shape index (κ2) is 3.79. The van der Waals surface area contributed by atoms with Crippen LogP contribution in [0.1, 0.15) is 6.42 Å².